The Hall–Kier alpha value is -1.03. The third kappa shape index (κ3) is 3.50. The van der Waals surface area contributed by atoms with Gasteiger partial charge < -0.3 is 9.84 Å². The maximum absolute atomic E-state index is 10.9. The summed E-state index contributed by atoms with van der Waals surface area (Å²) < 4.78 is 6.77. The molecule has 0 aromatic heterocycles. The monoisotopic (exact) mass is 326 g/mol. The van der Waals surface area contributed by atoms with Crippen LogP contribution >= 0.6 is 15.9 Å². The van der Waals surface area contributed by atoms with E-state index in [1.807, 2.05) is 32.0 Å². The van der Waals surface area contributed by atoms with Crippen molar-refractivity contribution in [2.24, 2.45) is 0 Å². The normalized spacial score (nSPS) is 15.9. The maximum atomic E-state index is 10.9. The van der Waals surface area contributed by atoms with Crippen LogP contribution in [0.3, 0.4) is 0 Å². The van der Waals surface area contributed by atoms with Gasteiger partial charge in [-0.2, -0.15) is 0 Å². The van der Waals surface area contributed by atoms with Crippen LogP contribution in [0.5, 0.6) is 5.75 Å². The van der Waals surface area contributed by atoms with Gasteiger partial charge in [-0.1, -0.05) is 19.9 Å². The predicted octanol–water partition coefficient (Wildman–Crippen LogP) is 4.13. The SMILES string of the molecule is CC(C)(CC(=O)O)c1ccc(OC2CCC2)c(Br)c1. The van der Waals surface area contributed by atoms with Crippen molar-refractivity contribution in [3.05, 3.63) is 28.2 Å². The molecule has 104 valence electrons. The molecule has 0 aliphatic heterocycles. The lowest BCUT2D eigenvalue weighted by Gasteiger charge is -2.28. The number of hydrogen-bond donors (Lipinski definition) is 1. The van der Waals surface area contributed by atoms with Gasteiger partial charge in [-0.15, -0.1) is 0 Å². The number of carboxylic acid groups (broad SMARTS) is 1. The maximum Gasteiger partial charge on any atom is 0.304 e. The zero-order chi connectivity index (χ0) is 14.0. The molecule has 0 heterocycles. The van der Waals surface area contributed by atoms with E-state index in [1.165, 1.54) is 6.42 Å². The van der Waals surface area contributed by atoms with E-state index in [2.05, 4.69) is 15.9 Å². The van der Waals surface area contributed by atoms with Crippen molar-refractivity contribution in [1.29, 1.82) is 0 Å². The highest BCUT2D eigenvalue weighted by Gasteiger charge is 2.25. The van der Waals surface area contributed by atoms with E-state index in [0.29, 0.717) is 6.10 Å². The van der Waals surface area contributed by atoms with Gasteiger partial charge in [-0.3, -0.25) is 4.79 Å². The number of carboxylic acids is 1. The smallest absolute Gasteiger partial charge is 0.304 e. The van der Waals surface area contributed by atoms with Crippen LogP contribution < -0.4 is 4.74 Å². The molecule has 2 rings (SSSR count). The molecule has 1 N–H and O–H groups in total. The summed E-state index contributed by atoms with van der Waals surface area (Å²) in [4.78, 5) is 10.9. The molecule has 0 saturated heterocycles. The Labute approximate surface area is 122 Å². The van der Waals surface area contributed by atoms with E-state index in [9.17, 15) is 4.79 Å². The first-order valence-corrected chi connectivity index (χ1v) is 7.36. The van der Waals surface area contributed by atoms with Crippen LogP contribution in [0.2, 0.25) is 0 Å². The van der Waals surface area contributed by atoms with E-state index >= 15 is 0 Å². The first-order valence-electron chi connectivity index (χ1n) is 6.57. The lowest BCUT2D eigenvalue weighted by molar-refractivity contribution is -0.138. The molecular formula is C15H19BrO3. The van der Waals surface area contributed by atoms with Gasteiger partial charge in [0.15, 0.2) is 0 Å². The van der Waals surface area contributed by atoms with Crippen LogP contribution in [-0.2, 0) is 10.2 Å². The van der Waals surface area contributed by atoms with Gasteiger partial charge >= 0.3 is 5.97 Å². The van der Waals surface area contributed by atoms with Crippen molar-refractivity contribution in [3.63, 3.8) is 0 Å². The van der Waals surface area contributed by atoms with Gasteiger partial charge in [0.2, 0.25) is 0 Å². The second-order valence-corrected chi connectivity index (χ2v) is 6.62. The summed E-state index contributed by atoms with van der Waals surface area (Å²) in [6.45, 7) is 3.88. The Bertz CT molecular complexity index is 478. The van der Waals surface area contributed by atoms with Gasteiger partial charge in [-0.05, 0) is 52.9 Å². The summed E-state index contributed by atoms with van der Waals surface area (Å²) in [6.07, 6.45) is 3.94. The van der Waals surface area contributed by atoms with Gasteiger partial charge in [-0.25, -0.2) is 0 Å². The van der Waals surface area contributed by atoms with Crippen LogP contribution in [-0.4, -0.2) is 17.2 Å². The first-order chi connectivity index (χ1) is 8.88. The summed E-state index contributed by atoms with van der Waals surface area (Å²) in [5.41, 5.74) is 0.617. The topological polar surface area (TPSA) is 46.5 Å². The van der Waals surface area contributed by atoms with Crippen LogP contribution in [0.15, 0.2) is 22.7 Å². The molecule has 1 saturated carbocycles. The van der Waals surface area contributed by atoms with Gasteiger partial charge in [0.05, 0.1) is 17.0 Å². The van der Waals surface area contributed by atoms with Gasteiger partial charge in [0.1, 0.15) is 5.75 Å². The summed E-state index contributed by atoms with van der Waals surface area (Å²) in [7, 11) is 0. The lowest BCUT2D eigenvalue weighted by atomic mass is 9.81. The highest BCUT2D eigenvalue weighted by molar-refractivity contribution is 9.10. The lowest BCUT2D eigenvalue weighted by Crippen LogP contribution is -2.25. The minimum absolute atomic E-state index is 0.113. The number of aliphatic carboxylic acids is 1. The summed E-state index contributed by atoms with van der Waals surface area (Å²) in [5, 5.41) is 8.96. The molecule has 3 nitrogen and oxygen atoms in total. The molecule has 1 fully saturated rings. The van der Waals surface area contributed by atoms with Crippen molar-refractivity contribution in [1.82, 2.24) is 0 Å². The quantitative estimate of drug-likeness (QED) is 0.884. The molecule has 0 radical (unpaired) electrons. The third-order valence-electron chi connectivity index (χ3n) is 3.65. The van der Waals surface area contributed by atoms with Crippen LogP contribution in [0.4, 0.5) is 0 Å². The molecule has 1 aliphatic carbocycles. The molecule has 1 aliphatic rings. The van der Waals surface area contributed by atoms with Crippen LogP contribution in [0.1, 0.15) is 45.1 Å². The Balaban J connectivity index is 2.15. The molecule has 19 heavy (non-hydrogen) atoms. The number of benzene rings is 1. The Kier molecular flexibility index (Phi) is 4.19. The molecule has 1 aromatic carbocycles. The van der Waals surface area contributed by atoms with Gasteiger partial charge in [0, 0.05) is 5.41 Å². The second kappa shape index (κ2) is 5.53. The summed E-state index contributed by atoms with van der Waals surface area (Å²) >= 11 is 3.52. The zero-order valence-corrected chi connectivity index (χ0v) is 12.9. The predicted molar refractivity (Wildman–Crippen MR) is 77.7 cm³/mol. The second-order valence-electron chi connectivity index (χ2n) is 5.77. The average molecular weight is 327 g/mol. The highest BCUT2D eigenvalue weighted by atomic mass is 79.9. The van der Waals surface area contributed by atoms with Crippen LogP contribution in [0.25, 0.3) is 0 Å². The molecule has 0 bridgehead atoms. The fourth-order valence-corrected chi connectivity index (χ4v) is 2.64. The Morgan fingerprint density at radius 3 is 2.63 bits per heavy atom. The van der Waals surface area contributed by atoms with E-state index in [0.717, 1.165) is 28.6 Å². The largest absolute Gasteiger partial charge is 0.489 e. The van der Waals surface area contributed by atoms with E-state index in [1.54, 1.807) is 0 Å². The minimum Gasteiger partial charge on any atom is -0.489 e. The van der Waals surface area contributed by atoms with E-state index < -0.39 is 5.97 Å². The third-order valence-corrected chi connectivity index (χ3v) is 4.27. The van der Waals surface area contributed by atoms with Crippen molar-refractivity contribution >= 4 is 21.9 Å². The number of ether oxygens (including phenoxy) is 1. The molecule has 0 atom stereocenters. The molecule has 4 heteroatoms. The molecule has 0 amide bonds. The fraction of sp³-hybridized carbons (Fsp3) is 0.533. The van der Waals surface area contributed by atoms with Crippen molar-refractivity contribution in [2.75, 3.05) is 0 Å². The Morgan fingerprint density at radius 1 is 1.47 bits per heavy atom. The number of hydrogen-bond acceptors (Lipinski definition) is 2. The minimum atomic E-state index is -0.782. The average Bonchev–Trinajstić information content (AvgIpc) is 2.23. The van der Waals surface area contributed by atoms with Crippen molar-refractivity contribution in [2.45, 2.75) is 51.0 Å². The Morgan fingerprint density at radius 2 is 2.16 bits per heavy atom. The number of carbonyl (C=O) groups is 1. The van der Waals surface area contributed by atoms with Crippen molar-refractivity contribution in [3.8, 4) is 5.75 Å². The van der Waals surface area contributed by atoms with Crippen molar-refractivity contribution < 1.29 is 14.6 Å². The molecule has 0 unspecified atom stereocenters. The zero-order valence-electron chi connectivity index (χ0n) is 11.3. The standard InChI is InChI=1S/C15H19BrO3/c1-15(2,9-14(17)18)10-6-7-13(12(16)8-10)19-11-4-3-5-11/h6-8,11H,3-5,9H2,1-2H3,(H,17,18). The van der Waals surface area contributed by atoms with Crippen LogP contribution in [0, 0.1) is 0 Å². The molecule has 0 spiro atoms. The molecular weight excluding hydrogens is 308 g/mol. The van der Waals surface area contributed by atoms with Gasteiger partial charge in [0.25, 0.3) is 0 Å². The van der Waals surface area contributed by atoms with E-state index in [4.69, 9.17) is 9.84 Å². The number of halogens is 1. The summed E-state index contributed by atoms with van der Waals surface area (Å²) in [5.74, 6) is 0.0653. The van der Waals surface area contributed by atoms with E-state index in [-0.39, 0.29) is 11.8 Å². The molecule has 1 aromatic rings. The summed E-state index contributed by atoms with van der Waals surface area (Å²) in [6, 6.07) is 5.86. The highest BCUT2D eigenvalue weighted by Crippen LogP contribution is 2.35. The fourth-order valence-electron chi connectivity index (χ4n) is 2.17. The first kappa shape index (κ1) is 14.4. The number of rotatable bonds is 5.